The van der Waals surface area contributed by atoms with Crippen molar-refractivity contribution in [2.24, 2.45) is 5.92 Å². The Bertz CT molecular complexity index is 575. The highest BCUT2D eigenvalue weighted by atomic mass is 16.2. The average Bonchev–Trinajstić information content (AvgIpc) is 2.59. The van der Waals surface area contributed by atoms with Gasteiger partial charge in [0.15, 0.2) is 0 Å². The molecule has 138 valence electrons. The number of rotatable bonds is 4. The van der Waals surface area contributed by atoms with E-state index in [1.165, 1.54) is 18.5 Å². The maximum absolute atomic E-state index is 12.5. The van der Waals surface area contributed by atoms with E-state index in [2.05, 4.69) is 33.8 Å². The van der Waals surface area contributed by atoms with Gasteiger partial charge in [-0.25, -0.2) is 0 Å². The molecule has 1 unspecified atom stereocenters. The molecule has 1 aromatic rings. The van der Waals surface area contributed by atoms with Gasteiger partial charge in [0.2, 0.25) is 5.91 Å². The minimum atomic E-state index is 0.319. The quantitative estimate of drug-likeness (QED) is 0.841. The van der Waals surface area contributed by atoms with Crippen molar-refractivity contribution in [3.63, 3.8) is 0 Å². The monoisotopic (exact) mass is 344 g/mol. The van der Waals surface area contributed by atoms with E-state index in [4.69, 9.17) is 0 Å². The highest BCUT2D eigenvalue weighted by molar-refractivity contribution is 5.76. The molecule has 1 atom stereocenters. The Balaban J connectivity index is 1.46. The van der Waals surface area contributed by atoms with Crippen molar-refractivity contribution in [2.75, 3.05) is 50.7 Å². The summed E-state index contributed by atoms with van der Waals surface area (Å²) in [5.41, 5.74) is 3.35. The first kappa shape index (κ1) is 18.2. The number of nitrogens with zero attached hydrogens (tertiary/aromatic N) is 4. The van der Waals surface area contributed by atoms with Gasteiger partial charge in [0.25, 0.3) is 0 Å². The number of anilines is 1. The molecule has 2 saturated heterocycles. The van der Waals surface area contributed by atoms with Crippen LogP contribution in [-0.2, 0) is 4.79 Å². The fourth-order valence-corrected chi connectivity index (χ4v) is 4.11. The van der Waals surface area contributed by atoms with E-state index >= 15 is 0 Å². The van der Waals surface area contributed by atoms with E-state index in [1.807, 2.05) is 18.7 Å². The molecule has 0 bridgehead atoms. The van der Waals surface area contributed by atoms with Gasteiger partial charge in [0.05, 0.1) is 0 Å². The van der Waals surface area contributed by atoms with Crippen LogP contribution in [0.25, 0.3) is 0 Å². The number of hydrogen-bond acceptors (Lipinski definition) is 4. The van der Waals surface area contributed by atoms with Crippen LogP contribution in [0.4, 0.5) is 5.69 Å². The molecule has 1 aromatic heterocycles. The molecule has 0 aromatic carbocycles. The van der Waals surface area contributed by atoms with Crippen molar-refractivity contribution in [1.82, 2.24) is 14.8 Å². The molecule has 2 fully saturated rings. The van der Waals surface area contributed by atoms with Crippen LogP contribution in [0.15, 0.2) is 12.1 Å². The molecular formula is C20H32N4O. The highest BCUT2D eigenvalue weighted by Crippen LogP contribution is 2.19. The van der Waals surface area contributed by atoms with Crippen LogP contribution in [0.2, 0.25) is 0 Å². The Morgan fingerprint density at radius 2 is 1.80 bits per heavy atom. The molecule has 0 saturated carbocycles. The van der Waals surface area contributed by atoms with Gasteiger partial charge in [-0.1, -0.05) is 6.92 Å². The van der Waals surface area contributed by atoms with Gasteiger partial charge in [-0.05, 0) is 51.3 Å². The second-order valence-corrected chi connectivity index (χ2v) is 7.77. The summed E-state index contributed by atoms with van der Waals surface area (Å²) in [6.07, 6.45) is 3.28. The number of carbonyl (C=O) groups excluding carboxylic acids is 1. The summed E-state index contributed by atoms with van der Waals surface area (Å²) >= 11 is 0. The number of pyridine rings is 1. The Morgan fingerprint density at radius 1 is 1.12 bits per heavy atom. The number of aromatic nitrogens is 1. The molecule has 0 aliphatic carbocycles. The van der Waals surface area contributed by atoms with Crippen LogP contribution in [0.3, 0.4) is 0 Å². The SMILES string of the molecule is Cc1cc(N2CCN(C(=O)CCN3CCCC(C)C3)CC2)cc(C)n1. The van der Waals surface area contributed by atoms with Crippen molar-refractivity contribution in [2.45, 2.75) is 40.0 Å². The van der Waals surface area contributed by atoms with E-state index in [0.717, 1.165) is 63.1 Å². The first-order chi connectivity index (χ1) is 12.0. The highest BCUT2D eigenvalue weighted by Gasteiger charge is 2.23. The second kappa shape index (κ2) is 8.17. The summed E-state index contributed by atoms with van der Waals surface area (Å²) < 4.78 is 0. The number of amides is 1. The predicted octanol–water partition coefficient (Wildman–Crippen LogP) is 2.47. The third kappa shape index (κ3) is 4.94. The summed E-state index contributed by atoms with van der Waals surface area (Å²) in [4.78, 5) is 23.9. The topological polar surface area (TPSA) is 39.7 Å². The molecule has 2 aliphatic heterocycles. The zero-order valence-electron chi connectivity index (χ0n) is 16.0. The minimum Gasteiger partial charge on any atom is -0.368 e. The number of carbonyl (C=O) groups is 1. The van der Waals surface area contributed by atoms with Crippen molar-refractivity contribution in [1.29, 1.82) is 0 Å². The summed E-state index contributed by atoms with van der Waals surface area (Å²) in [6, 6.07) is 4.28. The smallest absolute Gasteiger partial charge is 0.223 e. The van der Waals surface area contributed by atoms with E-state index in [1.54, 1.807) is 0 Å². The average molecular weight is 345 g/mol. The van der Waals surface area contributed by atoms with Crippen LogP contribution >= 0.6 is 0 Å². The normalized spacial score (nSPS) is 22.3. The molecule has 3 heterocycles. The zero-order valence-corrected chi connectivity index (χ0v) is 16.0. The van der Waals surface area contributed by atoms with E-state index in [9.17, 15) is 4.79 Å². The van der Waals surface area contributed by atoms with E-state index < -0.39 is 0 Å². The Labute approximate surface area is 152 Å². The molecule has 5 heteroatoms. The third-order valence-electron chi connectivity index (χ3n) is 5.45. The maximum Gasteiger partial charge on any atom is 0.223 e. The van der Waals surface area contributed by atoms with Gasteiger partial charge in [-0.2, -0.15) is 0 Å². The fraction of sp³-hybridized carbons (Fsp3) is 0.700. The number of aryl methyl sites for hydroxylation is 2. The molecular weight excluding hydrogens is 312 g/mol. The maximum atomic E-state index is 12.5. The Kier molecular flexibility index (Phi) is 5.94. The number of hydrogen-bond donors (Lipinski definition) is 0. The summed E-state index contributed by atoms with van der Waals surface area (Å²) in [7, 11) is 0. The van der Waals surface area contributed by atoms with E-state index in [0.29, 0.717) is 12.3 Å². The van der Waals surface area contributed by atoms with Crippen LogP contribution in [-0.4, -0.2) is 66.5 Å². The van der Waals surface area contributed by atoms with Gasteiger partial charge in [0.1, 0.15) is 0 Å². The second-order valence-electron chi connectivity index (χ2n) is 7.77. The summed E-state index contributed by atoms with van der Waals surface area (Å²) in [5, 5.41) is 0. The molecule has 0 spiro atoms. The van der Waals surface area contributed by atoms with Crippen LogP contribution in [0, 0.1) is 19.8 Å². The van der Waals surface area contributed by atoms with Crippen molar-refractivity contribution < 1.29 is 4.79 Å². The largest absolute Gasteiger partial charge is 0.368 e. The van der Waals surface area contributed by atoms with Gasteiger partial charge < -0.3 is 14.7 Å². The lowest BCUT2D eigenvalue weighted by Gasteiger charge is -2.37. The number of piperazine rings is 1. The lowest BCUT2D eigenvalue weighted by atomic mass is 10.0. The molecule has 2 aliphatic rings. The minimum absolute atomic E-state index is 0.319. The van der Waals surface area contributed by atoms with Crippen molar-refractivity contribution in [3.8, 4) is 0 Å². The van der Waals surface area contributed by atoms with E-state index in [-0.39, 0.29) is 0 Å². The molecule has 5 nitrogen and oxygen atoms in total. The summed E-state index contributed by atoms with van der Waals surface area (Å²) in [6.45, 7) is 13.1. The zero-order chi connectivity index (χ0) is 17.8. The molecule has 1 amide bonds. The number of likely N-dealkylation sites (tertiary alicyclic amines) is 1. The molecule has 3 rings (SSSR count). The predicted molar refractivity (Wildman–Crippen MR) is 102 cm³/mol. The van der Waals surface area contributed by atoms with Gasteiger partial charge in [0, 0.05) is 62.8 Å². The van der Waals surface area contributed by atoms with Crippen LogP contribution in [0.5, 0.6) is 0 Å². The molecule has 25 heavy (non-hydrogen) atoms. The standard InChI is InChI=1S/C20H32N4O/c1-16-5-4-7-22(15-16)8-6-20(25)24-11-9-23(10-12-24)19-13-17(2)21-18(3)14-19/h13-14,16H,4-12,15H2,1-3H3. The van der Waals surface area contributed by atoms with Gasteiger partial charge >= 0.3 is 0 Å². The number of piperidine rings is 1. The third-order valence-corrected chi connectivity index (χ3v) is 5.45. The fourth-order valence-electron chi connectivity index (χ4n) is 4.11. The van der Waals surface area contributed by atoms with Gasteiger partial charge in [-0.3, -0.25) is 9.78 Å². The van der Waals surface area contributed by atoms with Crippen LogP contribution < -0.4 is 4.90 Å². The first-order valence-corrected chi connectivity index (χ1v) is 9.71. The molecule has 0 radical (unpaired) electrons. The Hall–Kier alpha value is -1.62. The first-order valence-electron chi connectivity index (χ1n) is 9.71. The van der Waals surface area contributed by atoms with Crippen LogP contribution in [0.1, 0.15) is 37.6 Å². The molecule has 0 N–H and O–H groups in total. The van der Waals surface area contributed by atoms with Gasteiger partial charge in [-0.15, -0.1) is 0 Å². The Morgan fingerprint density at radius 3 is 2.44 bits per heavy atom. The van der Waals surface area contributed by atoms with Crippen molar-refractivity contribution in [3.05, 3.63) is 23.5 Å². The lowest BCUT2D eigenvalue weighted by molar-refractivity contribution is -0.131. The lowest BCUT2D eigenvalue weighted by Crippen LogP contribution is -2.49. The summed E-state index contributed by atoms with van der Waals surface area (Å²) in [5.74, 6) is 1.10. The van der Waals surface area contributed by atoms with Crippen molar-refractivity contribution >= 4 is 11.6 Å².